The standard InChI is InChI=1S/C11H23NO2/c1-4-5-10(3)14-11(13)7-6-9(2)8-12/h9-10H,4-8,12H2,1-3H3. The van der Waals surface area contributed by atoms with Crippen LogP contribution in [-0.2, 0) is 9.53 Å². The minimum atomic E-state index is -0.0914. The zero-order valence-corrected chi connectivity index (χ0v) is 9.58. The maximum absolute atomic E-state index is 11.3. The molecule has 2 N–H and O–H groups in total. The second-order valence-corrected chi connectivity index (χ2v) is 3.97. The van der Waals surface area contributed by atoms with Crippen molar-refractivity contribution in [1.29, 1.82) is 0 Å². The molecule has 0 heterocycles. The highest BCUT2D eigenvalue weighted by Crippen LogP contribution is 2.07. The summed E-state index contributed by atoms with van der Waals surface area (Å²) in [6.45, 7) is 6.70. The van der Waals surface area contributed by atoms with Crippen molar-refractivity contribution in [3.05, 3.63) is 0 Å². The van der Waals surface area contributed by atoms with E-state index in [1.165, 1.54) is 0 Å². The van der Waals surface area contributed by atoms with E-state index < -0.39 is 0 Å². The van der Waals surface area contributed by atoms with Crippen LogP contribution in [0.2, 0.25) is 0 Å². The van der Waals surface area contributed by atoms with E-state index >= 15 is 0 Å². The highest BCUT2D eigenvalue weighted by molar-refractivity contribution is 5.69. The van der Waals surface area contributed by atoms with Crippen molar-refractivity contribution >= 4 is 5.97 Å². The van der Waals surface area contributed by atoms with Crippen LogP contribution in [0, 0.1) is 5.92 Å². The normalized spacial score (nSPS) is 14.9. The lowest BCUT2D eigenvalue weighted by atomic mass is 10.1. The van der Waals surface area contributed by atoms with Crippen molar-refractivity contribution in [2.45, 2.75) is 52.6 Å². The van der Waals surface area contributed by atoms with Gasteiger partial charge in [0.25, 0.3) is 0 Å². The third kappa shape index (κ3) is 6.89. The van der Waals surface area contributed by atoms with E-state index in [4.69, 9.17) is 10.5 Å². The van der Waals surface area contributed by atoms with E-state index in [-0.39, 0.29) is 12.1 Å². The van der Waals surface area contributed by atoms with Crippen molar-refractivity contribution in [2.24, 2.45) is 11.7 Å². The maximum atomic E-state index is 11.3. The number of carbonyl (C=O) groups excluding carboxylic acids is 1. The van der Waals surface area contributed by atoms with Crippen LogP contribution in [-0.4, -0.2) is 18.6 Å². The molecule has 84 valence electrons. The fourth-order valence-corrected chi connectivity index (χ4v) is 1.23. The maximum Gasteiger partial charge on any atom is 0.306 e. The quantitative estimate of drug-likeness (QED) is 0.642. The van der Waals surface area contributed by atoms with Crippen molar-refractivity contribution in [2.75, 3.05) is 6.54 Å². The molecule has 2 unspecified atom stereocenters. The minimum absolute atomic E-state index is 0.0562. The van der Waals surface area contributed by atoms with Crippen LogP contribution in [0.3, 0.4) is 0 Å². The highest BCUT2D eigenvalue weighted by Gasteiger charge is 2.09. The lowest BCUT2D eigenvalue weighted by molar-refractivity contribution is -0.148. The summed E-state index contributed by atoms with van der Waals surface area (Å²) >= 11 is 0. The molecule has 0 radical (unpaired) electrons. The molecule has 2 atom stereocenters. The topological polar surface area (TPSA) is 52.3 Å². The Morgan fingerprint density at radius 3 is 2.50 bits per heavy atom. The lowest BCUT2D eigenvalue weighted by Gasteiger charge is -2.13. The van der Waals surface area contributed by atoms with Crippen LogP contribution in [0.15, 0.2) is 0 Å². The van der Waals surface area contributed by atoms with Crippen LogP contribution in [0.25, 0.3) is 0 Å². The SMILES string of the molecule is CCCC(C)OC(=O)CCC(C)CN. The van der Waals surface area contributed by atoms with E-state index in [1.807, 2.05) is 13.8 Å². The van der Waals surface area contributed by atoms with Crippen molar-refractivity contribution in [1.82, 2.24) is 0 Å². The molecule has 3 heteroatoms. The van der Waals surface area contributed by atoms with Gasteiger partial charge >= 0.3 is 5.97 Å². The molecule has 0 aromatic heterocycles. The zero-order valence-electron chi connectivity index (χ0n) is 9.58. The van der Waals surface area contributed by atoms with Gasteiger partial charge in [-0.2, -0.15) is 0 Å². The Kier molecular flexibility index (Phi) is 7.48. The molecule has 0 aliphatic heterocycles. The first-order chi connectivity index (χ1) is 6.60. The predicted molar refractivity (Wildman–Crippen MR) is 57.9 cm³/mol. The van der Waals surface area contributed by atoms with Gasteiger partial charge in [0.05, 0.1) is 6.10 Å². The summed E-state index contributed by atoms with van der Waals surface area (Å²) in [7, 11) is 0. The van der Waals surface area contributed by atoms with Crippen molar-refractivity contribution < 1.29 is 9.53 Å². The third-order valence-corrected chi connectivity index (χ3v) is 2.27. The third-order valence-electron chi connectivity index (χ3n) is 2.27. The fraction of sp³-hybridized carbons (Fsp3) is 0.909. The van der Waals surface area contributed by atoms with E-state index in [0.717, 1.165) is 19.3 Å². The zero-order chi connectivity index (χ0) is 11.0. The number of carbonyl (C=O) groups is 1. The van der Waals surface area contributed by atoms with Gasteiger partial charge in [0, 0.05) is 6.42 Å². The van der Waals surface area contributed by atoms with Crippen LogP contribution in [0.1, 0.15) is 46.5 Å². The van der Waals surface area contributed by atoms with Crippen molar-refractivity contribution in [3.63, 3.8) is 0 Å². The number of rotatable bonds is 7. The molecule has 0 saturated carbocycles. The van der Waals surface area contributed by atoms with Gasteiger partial charge in [0.2, 0.25) is 0 Å². The molecule has 0 aromatic rings. The summed E-state index contributed by atoms with van der Waals surface area (Å²) in [5.41, 5.74) is 5.46. The second kappa shape index (κ2) is 7.80. The number of esters is 1. The van der Waals surface area contributed by atoms with E-state index in [2.05, 4.69) is 6.92 Å². The van der Waals surface area contributed by atoms with Crippen molar-refractivity contribution in [3.8, 4) is 0 Å². The first-order valence-electron chi connectivity index (χ1n) is 5.49. The first-order valence-corrected chi connectivity index (χ1v) is 5.49. The monoisotopic (exact) mass is 201 g/mol. The summed E-state index contributed by atoms with van der Waals surface area (Å²) < 4.78 is 5.21. The van der Waals surface area contributed by atoms with E-state index in [1.54, 1.807) is 0 Å². The van der Waals surface area contributed by atoms with Crippen LogP contribution in [0.4, 0.5) is 0 Å². The molecule has 0 aliphatic rings. The molecule has 0 aliphatic carbocycles. The average molecular weight is 201 g/mol. The molecule has 0 rings (SSSR count). The second-order valence-electron chi connectivity index (χ2n) is 3.97. The summed E-state index contributed by atoms with van der Waals surface area (Å²) in [4.78, 5) is 11.3. The molecule has 0 saturated heterocycles. The van der Waals surface area contributed by atoms with E-state index in [9.17, 15) is 4.79 Å². The fourth-order valence-electron chi connectivity index (χ4n) is 1.23. The minimum Gasteiger partial charge on any atom is -0.463 e. The van der Waals surface area contributed by atoms with Gasteiger partial charge in [-0.1, -0.05) is 20.3 Å². The number of hydrogen-bond donors (Lipinski definition) is 1. The van der Waals surface area contributed by atoms with Crippen LogP contribution in [0.5, 0.6) is 0 Å². The molecule has 14 heavy (non-hydrogen) atoms. The largest absolute Gasteiger partial charge is 0.463 e. The predicted octanol–water partition coefficient (Wildman–Crippen LogP) is 2.09. The number of nitrogens with two attached hydrogens (primary N) is 1. The van der Waals surface area contributed by atoms with Gasteiger partial charge in [0.1, 0.15) is 0 Å². The Bertz CT molecular complexity index is 159. The Morgan fingerprint density at radius 1 is 1.36 bits per heavy atom. The van der Waals surface area contributed by atoms with Gasteiger partial charge < -0.3 is 10.5 Å². The smallest absolute Gasteiger partial charge is 0.306 e. The highest BCUT2D eigenvalue weighted by atomic mass is 16.5. The lowest BCUT2D eigenvalue weighted by Crippen LogP contribution is -2.17. The summed E-state index contributed by atoms with van der Waals surface area (Å²) in [5, 5.41) is 0. The molecule has 0 fully saturated rings. The molecule has 0 spiro atoms. The molecular weight excluding hydrogens is 178 g/mol. The van der Waals surface area contributed by atoms with Gasteiger partial charge in [-0.05, 0) is 32.2 Å². The van der Waals surface area contributed by atoms with Crippen LogP contribution >= 0.6 is 0 Å². The molecular formula is C11H23NO2. The summed E-state index contributed by atoms with van der Waals surface area (Å²) in [6.07, 6.45) is 3.37. The Labute approximate surface area is 87.0 Å². The molecule has 0 aromatic carbocycles. The van der Waals surface area contributed by atoms with E-state index in [0.29, 0.717) is 18.9 Å². The van der Waals surface area contributed by atoms with Gasteiger partial charge in [-0.3, -0.25) is 4.79 Å². The summed E-state index contributed by atoms with van der Waals surface area (Å²) in [5.74, 6) is 0.315. The van der Waals surface area contributed by atoms with Gasteiger partial charge in [-0.15, -0.1) is 0 Å². The summed E-state index contributed by atoms with van der Waals surface area (Å²) in [6, 6.07) is 0. The van der Waals surface area contributed by atoms with Gasteiger partial charge in [-0.25, -0.2) is 0 Å². The molecule has 0 bridgehead atoms. The molecule has 0 amide bonds. The molecule has 3 nitrogen and oxygen atoms in total. The number of hydrogen-bond acceptors (Lipinski definition) is 3. The number of ether oxygens (including phenoxy) is 1. The Morgan fingerprint density at radius 2 is 2.00 bits per heavy atom. The average Bonchev–Trinajstić information content (AvgIpc) is 2.14. The first kappa shape index (κ1) is 13.4. The van der Waals surface area contributed by atoms with Gasteiger partial charge in [0.15, 0.2) is 0 Å². The Hall–Kier alpha value is -0.570. The van der Waals surface area contributed by atoms with Crippen LogP contribution < -0.4 is 5.73 Å². The Balaban J connectivity index is 3.54.